The van der Waals surface area contributed by atoms with E-state index in [-0.39, 0.29) is 17.4 Å². The van der Waals surface area contributed by atoms with Crippen molar-refractivity contribution in [1.82, 2.24) is 19.4 Å². The first-order valence-corrected chi connectivity index (χ1v) is 15.6. The second kappa shape index (κ2) is 12.8. The molecule has 0 saturated carbocycles. The van der Waals surface area contributed by atoms with E-state index in [1.54, 1.807) is 24.3 Å². The Kier molecular flexibility index (Phi) is 7.81. The summed E-state index contributed by atoms with van der Waals surface area (Å²) in [6.07, 6.45) is 5.70. The number of hydrogen-bond acceptors (Lipinski definition) is 8. The summed E-state index contributed by atoms with van der Waals surface area (Å²) in [6, 6.07) is 14.5. The zero-order valence-electron chi connectivity index (χ0n) is 28.6. The van der Waals surface area contributed by atoms with Crippen molar-refractivity contribution in [3.05, 3.63) is 87.8 Å². The number of para-hydroxylation sites is 1. The number of ether oxygens (including phenoxy) is 3. The van der Waals surface area contributed by atoms with Crippen LogP contribution >= 0.6 is 11.6 Å². The van der Waals surface area contributed by atoms with Crippen molar-refractivity contribution in [1.29, 1.82) is 0 Å². The predicted octanol–water partition coefficient (Wildman–Crippen LogP) is 6.35. The topological polar surface area (TPSA) is 98.9 Å². The summed E-state index contributed by atoms with van der Waals surface area (Å²) in [7, 11) is -1.32. The SMILES string of the molecule is [2H]C([2H])([2H])Oc1cc(Cl)ccc1[C@@]1(C)C=Cc2cccc(C3CCN(Cc4nc5ccc(C(=O)OC)nc5n4C[C@@H](O)CC)CC3)c2O1. The maximum absolute atomic E-state index is 12.2. The first-order chi connectivity index (χ1) is 22.9. The van der Waals surface area contributed by atoms with E-state index in [0.717, 1.165) is 48.6 Å². The molecular weight excluding hydrogens is 592 g/mol. The number of aromatic nitrogens is 3. The molecular formula is C35H39ClN4O5. The Bertz CT molecular complexity index is 1850. The number of esters is 1. The molecule has 4 heterocycles. The van der Waals surface area contributed by atoms with E-state index in [4.69, 9.17) is 34.9 Å². The Morgan fingerprint density at radius 1 is 1.22 bits per heavy atom. The van der Waals surface area contributed by atoms with Gasteiger partial charge in [-0.15, -0.1) is 0 Å². The molecule has 1 N–H and O–H groups in total. The van der Waals surface area contributed by atoms with E-state index in [9.17, 15) is 9.90 Å². The Balaban J connectivity index is 1.21. The first kappa shape index (κ1) is 27.4. The molecule has 4 aromatic rings. The third kappa shape index (κ3) is 6.17. The summed E-state index contributed by atoms with van der Waals surface area (Å²) in [5.74, 6) is 1.42. The number of aliphatic hydroxyl groups is 1. The van der Waals surface area contributed by atoms with E-state index in [2.05, 4.69) is 16.0 Å². The number of hydrogen-bond donors (Lipinski definition) is 1. The van der Waals surface area contributed by atoms with Crippen LogP contribution in [0.15, 0.2) is 54.6 Å². The highest BCUT2D eigenvalue weighted by molar-refractivity contribution is 6.30. The number of pyridine rings is 1. The molecule has 0 spiro atoms. The van der Waals surface area contributed by atoms with Gasteiger partial charge < -0.3 is 23.9 Å². The number of piperidine rings is 1. The monoisotopic (exact) mass is 633 g/mol. The Morgan fingerprint density at radius 3 is 2.80 bits per heavy atom. The predicted molar refractivity (Wildman–Crippen MR) is 174 cm³/mol. The van der Waals surface area contributed by atoms with E-state index >= 15 is 0 Å². The molecule has 2 atom stereocenters. The van der Waals surface area contributed by atoms with Crippen molar-refractivity contribution in [3.63, 3.8) is 0 Å². The van der Waals surface area contributed by atoms with Gasteiger partial charge in [-0.2, -0.15) is 0 Å². The van der Waals surface area contributed by atoms with Gasteiger partial charge in [0, 0.05) is 16.1 Å². The smallest absolute Gasteiger partial charge is 0.356 e. The summed E-state index contributed by atoms with van der Waals surface area (Å²) in [6.45, 7) is 6.34. The Morgan fingerprint density at radius 2 is 2.04 bits per heavy atom. The molecule has 0 aliphatic carbocycles. The van der Waals surface area contributed by atoms with Gasteiger partial charge >= 0.3 is 5.97 Å². The molecule has 9 nitrogen and oxygen atoms in total. The molecule has 10 heteroatoms. The minimum Gasteiger partial charge on any atom is -0.496 e. The van der Waals surface area contributed by atoms with Crippen molar-refractivity contribution in [2.24, 2.45) is 0 Å². The number of benzene rings is 2. The van der Waals surface area contributed by atoms with Crippen LogP contribution in [0.3, 0.4) is 0 Å². The van der Waals surface area contributed by atoms with E-state index < -0.39 is 24.7 Å². The van der Waals surface area contributed by atoms with Gasteiger partial charge in [-0.25, -0.2) is 14.8 Å². The van der Waals surface area contributed by atoms with Gasteiger partial charge in [-0.3, -0.25) is 4.90 Å². The lowest BCUT2D eigenvalue weighted by atomic mass is 9.85. The lowest BCUT2D eigenvalue weighted by molar-refractivity contribution is 0.0594. The average molecular weight is 634 g/mol. The number of aliphatic hydroxyl groups excluding tert-OH is 1. The molecule has 0 amide bonds. The Hall–Kier alpha value is -3.92. The molecule has 1 fully saturated rings. The second-order valence-electron chi connectivity index (χ2n) is 11.8. The van der Waals surface area contributed by atoms with Gasteiger partial charge in [0.1, 0.15) is 22.8 Å². The molecule has 0 bridgehead atoms. The minimum absolute atomic E-state index is 0.151. The number of rotatable bonds is 9. The van der Waals surface area contributed by atoms with Gasteiger partial charge in [0.05, 0.1) is 37.5 Å². The molecule has 2 aliphatic heterocycles. The van der Waals surface area contributed by atoms with Crippen LogP contribution in [-0.4, -0.2) is 63.9 Å². The fraction of sp³-hybridized carbons (Fsp3) is 0.400. The fourth-order valence-corrected chi connectivity index (χ4v) is 6.46. The standard InChI is InChI=1S/C35H39ClN4O5/c1-5-25(41)20-40-31(37-28-11-12-29(34(42)44-4)38-33(28)40)21-39-17-14-22(15-18-39)26-8-6-7-23-13-16-35(2,45-32(23)26)27-10-9-24(36)19-30(27)43-3/h6-13,16,19,22,25,41H,5,14-15,17-18,20-21H2,1-4H3/t25-,35+/m0/s1/i3D3. The van der Waals surface area contributed by atoms with Gasteiger partial charge in [-0.1, -0.05) is 42.8 Å². The normalized spacial score (nSPS) is 20.5. The highest BCUT2D eigenvalue weighted by Gasteiger charge is 2.35. The summed E-state index contributed by atoms with van der Waals surface area (Å²) in [4.78, 5) is 23.9. The molecule has 1 saturated heterocycles. The summed E-state index contributed by atoms with van der Waals surface area (Å²) in [5, 5.41) is 10.9. The number of methoxy groups -OCH3 is 2. The van der Waals surface area contributed by atoms with Gasteiger partial charge in [0.2, 0.25) is 0 Å². The van der Waals surface area contributed by atoms with Crippen LogP contribution in [0.2, 0.25) is 5.02 Å². The number of likely N-dealkylation sites (tertiary alicyclic amines) is 1. The molecule has 2 aromatic carbocycles. The van der Waals surface area contributed by atoms with Crippen LogP contribution in [0.5, 0.6) is 11.5 Å². The fourth-order valence-electron chi connectivity index (χ4n) is 6.30. The van der Waals surface area contributed by atoms with Gasteiger partial charge in [0.15, 0.2) is 16.9 Å². The van der Waals surface area contributed by atoms with E-state index in [1.165, 1.54) is 13.2 Å². The van der Waals surface area contributed by atoms with Crippen molar-refractivity contribution >= 4 is 34.8 Å². The van der Waals surface area contributed by atoms with Crippen molar-refractivity contribution in [2.45, 2.75) is 63.8 Å². The average Bonchev–Trinajstić information content (AvgIpc) is 3.39. The second-order valence-corrected chi connectivity index (χ2v) is 12.3. The van der Waals surface area contributed by atoms with Crippen LogP contribution < -0.4 is 9.47 Å². The Labute approximate surface area is 272 Å². The third-order valence-electron chi connectivity index (χ3n) is 8.88. The van der Waals surface area contributed by atoms with Crippen molar-refractivity contribution in [3.8, 4) is 11.5 Å². The first-order valence-electron chi connectivity index (χ1n) is 16.7. The molecule has 0 unspecified atom stereocenters. The maximum Gasteiger partial charge on any atom is 0.356 e. The van der Waals surface area contributed by atoms with Crippen LogP contribution in [-0.2, 0) is 23.4 Å². The summed E-state index contributed by atoms with van der Waals surface area (Å²) >= 11 is 6.22. The zero-order chi connectivity index (χ0) is 34.2. The summed E-state index contributed by atoms with van der Waals surface area (Å²) in [5.41, 5.74) is 3.05. The number of fused-ring (bicyclic) bond motifs is 2. The maximum atomic E-state index is 12.2. The van der Waals surface area contributed by atoms with Gasteiger partial charge in [0.25, 0.3) is 0 Å². The number of imidazole rings is 1. The zero-order valence-corrected chi connectivity index (χ0v) is 26.4. The molecule has 0 radical (unpaired) electrons. The molecule has 2 aliphatic rings. The third-order valence-corrected chi connectivity index (χ3v) is 9.12. The van der Waals surface area contributed by atoms with Crippen LogP contribution in [0, 0.1) is 0 Å². The number of carbonyl (C=O) groups is 1. The highest BCUT2D eigenvalue weighted by Crippen LogP contribution is 2.45. The minimum atomic E-state index is -2.65. The van der Waals surface area contributed by atoms with Gasteiger partial charge in [-0.05, 0) is 87.2 Å². The number of carbonyl (C=O) groups excluding carboxylic acids is 1. The van der Waals surface area contributed by atoms with Crippen molar-refractivity contribution in [2.75, 3.05) is 27.2 Å². The highest BCUT2D eigenvalue weighted by atomic mass is 35.5. The molecule has 2 aromatic heterocycles. The van der Waals surface area contributed by atoms with Crippen molar-refractivity contribution < 1.29 is 28.2 Å². The van der Waals surface area contributed by atoms with E-state index in [0.29, 0.717) is 41.3 Å². The van der Waals surface area contributed by atoms with Crippen LogP contribution in [0.1, 0.15) is 76.1 Å². The molecule has 236 valence electrons. The lowest BCUT2D eigenvalue weighted by Crippen LogP contribution is -2.34. The molecule has 45 heavy (non-hydrogen) atoms. The molecule has 6 rings (SSSR count). The summed E-state index contributed by atoms with van der Waals surface area (Å²) < 4.78 is 41.9. The number of halogens is 1. The lowest BCUT2D eigenvalue weighted by Gasteiger charge is -2.37. The largest absolute Gasteiger partial charge is 0.496 e. The van der Waals surface area contributed by atoms with E-state index in [1.807, 2.05) is 42.7 Å². The number of nitrogens with zero attached hydrogens (tertiary/aromatic N) is 4. The van der Waals surface area contributed by atoms with Crippen LogP contribution in [0.25, 0.3) is 17.2 Å². The quantitative estimate of drug-likeness (QED) is 0.213. The van der Waals surface area contributed by atoms with Crippen LogP contribution in [0.4, 0.5) is 0 Å².